The van der Waals surface area contributed by atoms with Gasteiger partial charge in [-0.1, -0.05) is 35.5 Å². The fourth-order valence-electron chi connectivity index (χ4n) is 2.01. The van der Waals surface area contributed by atoms with E-state index in [2.05, 4.69) is 10.5 Å². The minimum Gasteiger partial charge on any atom is -0.354 e. The van der Waals surface area contributed by atoms with Crippen molar-refractivity contribution in [2.24, 2.45) is 5.73 Å². The van der Waals surface area contributed by atoms with E-state index in [9.17, 15) is 4.79 Å². The molecular weight excluding hydrogens is 290 g/mol. The smallest absolute Gasteiger partial charge is 0.229 e. The van der Waals surface area contributed by atoms with Crippen LogP contribution >= 0.6 is 11.6 Å². The Labute approximate surface area is 128 Å². The molecule has 0 spiro atoms. The summed E-state index contributed by atoms with van der Waals surface area (Å²) in [6, 6.07) is 9.45. The number of rotatable bonds is 6. The summed E-state index contributed by atoms with van der Waals surface area (Å²) >= 11 is 5.86. The fourth-order valence-corrected chi connectivity index (χ4v) is 2.27. The molecule has 0 fully saturated rings. The average molecular weight is 308 g/mol. The minimum atomic E-state index is -0.212. The number of hydrogen-bond donors (Lipinski definition) is 2. The molecule has 2 rings (SSSR count). The van der Waals surface area contributed by atoms with E-state index < -0.39 is 0 Å². The Kier molecular flexibility index (Phi) is 5.36. The van der Waals surface area contributed by atoms with Crippen LogP contribution in [0, 0.1) is 6.92 Å². The molecule has 1 aromatic carbocycles. The van der Waals surface area contributed by atoms with Gasteiger partial charge >= 0.3 is 0 Å². The second kappa shape index (κ2) is 7.24. The summed E-state index contributed by atoms with van der Waals surface area (Å²) in [6.07, 6.45) is 0.823. The molecule has 112 valence electrons. The molecule has 1 heterocycles. The zero-order chi connectivity index (χ0) is 15.2. The molecule has 1 amide bonds. The lowest BCUT2D eigenvalue weighted by atomic mass is 10.1. The lowest BCUT2D eigenvalue weighted by Crippen LogP contribution is -2.32. The summed E-state index contributed by atoms with van der Waals surface area (Å²) in [5.74, 6) is -0.0713. The third kappa shape index (κ3) is 4.31. The van der Waals surface area contributed by atoms with Crippen molar-refractivity contribution in [3.05, 3.63) is 52.4 Å². The van der Waals surface area contributed by atoms with Gasteiger partial charge in [-0.05, 0) is 30.5 Å². The van der Waals surface area contributed by atoms with Gasteiger partial charge in [-0.15, -0.1) is 0 Å². The number of halogens is 1. The van der Waals surface area contributed by atoms with Crippen LogP contribution in [0.4, 0.5) is 0 Å². The maximum atomic E-state index is 11.8. The first-order valence-electron chi connectivity index (χ1n) is 6.76. The normalized spacial score (nSPS) is 12.1. The van der Waals surface area contributed by atoms with Gasteiger partial charge in [-0.2, -0.15) is 0 Å². The molecule has 0 aliphatic rings. The van der Waals surface area contributed by atoms with E-state index in [0.717, 1.165) is 11.1 Å². The van der Waals surface area contributed by atoms with Gasteiger partial charge in [-0.3, -0.25) is 4.79 Å². The van der Waals surface area contributed by atoms with E-state index in [-0.39, 0.29) is 17.2 Å². The molecule has 3 N–H and O–H groups in total. The van der Waals surface area contributed by atoms with Gasteiger partial charge in [0.05, 0.1) is 5.69 Å². The van der Waals surface area contributed by atoms with Gasteiger partial charge in [-0.25, -0.2) is 0 Å². The Morgan fingerprint density at radius 1 is 1.43 bits per heavy atom. The maximum absolute atomic E-state index is 11.8. The zero-order valence-electron chi connectivity index (χ0n) is 11.8. The molecular formula is C15H18ClN3O2. The number of carbonyl (C=O) groups is 1. The van der Waals surface area contributed by atoms with Crippen LogP contribution in [-0.2, 0) is 11.2 Å². The van der Waals surface area contributed by atoms with Crippen molar-refractivity contribution in [2.75, 3.05) is 6.54 Å². The molecule has 0 aliphatic carbocycles. The molecule has 21 heavy (non-hydrogen) atoms. The first kappa shape index (κ1) is 15.5. The van der Waals surface area contributed by atoms with Crippen molar-refractivity contribution in [3.63, 3.8) is 0 Å². The van der Waals surface area contributed by atoms with Crippen LogP contribution in [0.25, 0.3) is 0 Å². The minimum absolute atomic E-state index is 0.0713. The Balaban J connectivity index is 1.78. The summed E-state index contributed by atoms with van der Waals surface area (Å²) in [5, 5.41) is 6.82. The van der Waals surface area contributed by atoms with Gasteiger partial charge in [0, 0.05) is 24.6 Å². The number of nitrogens with zero attached hydrogens (tertiary/aromatic N) is 1. The van der Waals surface area contributed by atoms with Crippen molar-refractivity contribution in [1.29, 1.82) is 0 Å². The molecule has 0 aliphatic heterocycles. The van der Waals surface area contributed by atoms with Gasteiger partial charge in [0.2, 0.25) is 11.1 Å². The summed E-state index contributed by atoms with van der Waals surface area (Å²) < 4.78 is 4.85. The van der Waals surface area contributed by atoms with Crippen molar-refractivity contribution in [3.8, 4) is 0 Å². The van der Waals surface area contributed by atoms with Crippen LogP contribution in [0.3, 0.4) is 0 Å². The average Bonchev–Trinajstić information content (AvgIpc) is 2.82. The number of nitrogens with one attached hydrogen (secondary N) is 1. The number of amides is 1. The van der Waals surface area contributed by atoms with Crippen molar-refractivity contribution in [2.45, 2.75) is 25.8 Å². The van der Waals surface area contributed by atoms with Gasteiger partial charge in [0.1, 0.15) is 0 Å². The standard InChI is InChI=1S/C15H18ClN3O2/c1-10-12(15(16)21-19-10)7-8-14(20)18-9-13(17)11-5-3-2-4-6-11/h2-6,13H,7-9,17H2,1H3,(H,18,20). The largest absolute Gasteiger partial charge is 0.354 e. The predicted octanol–water partition coefficient (Wildman–Crippen LogP) is 2.39. The molecule has 0 saturated carbocycles. The third-order valence-corrected chi connectivity index (χ3v) is 3.58. The molecule has 5 nitrogen and oxygen atoms in total. The second-order valence-corrected chi connectivity index (χ2v) is 5.18. The van der Waals surface area contributed by atoms with E-state index in [0.29, 0.717) is 25.1 Å². The van der Waals surface area contributed by atoms with Crippen LogP contribution < -0.4 is 11.1 Å². The van der Waals surface area contributed by atoms with E-state index >= 15 is 0 Å². The lowest BCUT2D eigenvalue weighted by molar-refractivity contribution is -0.121. The van der Waals surface area contributed by atoms with Crippen LogP contribution in [0.2, 0.25) is 5.22 Å². The van der Waals surface area contributed by atoms with E-state index in [1.54, 1.807) is 6.92 Å². The van der Waals surface area contributed by atoms with Crippen molar-refractivity contribution >= 4 is 17.5 Å². The molecule has 1 atom stereocenters. The highest BCUT2D eigenvalue weighted by molar-refractivity contribution is 6.29. The monoisotopic (exact) mass is 307 g/mol. The van der Waals surface area contributed by atoms with E-state index in [1.165, 1.54) is 0 Å². The number of carbonyl (C=O) groups excluding carboxylic acids is 1. The topological polar surface area (TPSA) is 81.2 Å². The van der Waals surface area contributed by atoms with Gasteiger partial charge in [0.15, 0.2) is 0 Å². The van der Waals surface area contributed by atoms with Crippen LogP contribution in [0.5, 0.6) is 0 Å². The quantitative estimate of drug-likeness (QED) is 0.858. The first-order valence-corrected chi connectivity index (χ1v) is 7.13. The third-order valence-electron chi connectivity index (χ3n) is 3.29. The lowest BCUT2D eigenvalue weighted by Gasteiger charge is -2.13. The summed E-state index contributed by atoms with van der Waals surface area (Å²) in [4.78, 5) is 11.8. The fraction of sp³-hybridized carbons (Fsp3) is 0.333. The molecule has 1 aromatic heterocycles. The summed E-state index contributed by atoms with van der Waals surface area (Å²) in [5.41, 5.74) is 8.51. The zero-order valence-corrected chi connectivity index (χ0v) is 12.6. The summed E-state index contributed by atoms with van der Waals surface area (Å²) in [7, 11) is 0. The highest BCUT2D eigenvalue weighted by Crippen LogP contribution is 2.20. The number of aryl methyl sites for hydroxylation is 1. The summed E-state index contributed by atoms with van der Waals surface area (Å²) in [6.45, 7) is 2.20. The van der Waals surface area contributed by atoms with Crippen molar-refractivity contribution in [1.82, 2.24) is 10.5 Å². The molecule has 0 saturated heterocycles. The van der Waals surface area contributed by atoms with Crippen LogP contribution in [0.1, 0.15) is 29.3 Å². The molecule has 0 radical (unpaired) electrons. The van der Waals surface area contributed by atoms with Crippen LogP contribution in [0.15, 0.2) is 34.9 Å². The Morgan fingerprint density at radius 3 is 2.76 bits per heavy atom. The number of benzene rings is 1. The van der Waals surface area contributed by atoms with Gasteiger partial charge < -0.3 is 15.6 Å². The first-order chi connectivity index (χ1) is 10.1. The SMILES string of the molecule is Cc1noc(Cl)c1CCC(=O)NCC(N)c1ccccc1. The molecule has 2 aromatic rings. The number of nitrogens with two attached hydrogens (primary N) is 1. The Bertz CT molecular complexity index is 579. The van der Waals surface area contributed by atoms with Crippen molar-refractivity contribution < 1.29 is 9.32 Å². The Hall–Kier alpha value is -1.85. The highest BCUT2D eigenvalue weighted by Gasteiger charge is 2.13. The van der Waals surface area contributed by atoms with E-state index in [4.69, 9.17) is 21.9 Å². The second-order valence-electron chi connectivity index (χ2n) is 4.84. The molecule has 6 heteroatoms. The predicted molar refractivity (Wildman–Crippen MR) is 81.0 cm³/mol. The molecule has 0 bridgehead atoms. The maximum Gasteiger partial charge on any atom is 0.229 e. The number of hydrogen-bond acceptors (Lipinski definition) is 4. The van der Waals surface area contributed by atoms with E-state index in [1.807, 2.05) is 30.3 Å². The van der Waals surface area contributed by atoms with Gasteiger partial charge in [0.25, 0.3) is 0 Å². The molecule has 1 unspecified atom stereocenters. The Morgan fingerprint density at radius 2 is 2.14 bits per heavy atom. The number of aromatic nitrogens is 1. The van der Waals surface area contributed by atoms with Crippen LogP contribution in [-0.4, -0.2) is 17.6 Å². The highest BCUT2D eigenvalue weighted by atomic mass is 35.5.